The first-order chi connectivity index (χ1) is 7.26. The SMILES string of the molecule is COCCC(C=O)OC1=CCC(I)C=C1. The van der Waals surface area contributed by atoms with Gasteiger partial charge in [0.2, 0.25) is 0 Å². The minimum absolute atomic E-state index is 0.397. The molecule has 0 saturated carbocycles. The molecular formula is C11H15IO3. The normalized spacial score (nSPS) is 22.0. The smallest absolute Gasteiger partial charge is 0.160 e. The van der Waals surface area contributed by atoms with Crippen LogP contribution in [0.4, 0.5) is 0 Å². The lowest BCUT2D eigenvalue weighted by Gasteiger charge is -2.16. The van der Waals surface area contributed by atoms with E-state index in [1.807, 2.05) is 12.2 Å². The molecule has 0 saturated heterocycles. The highest BCUT2D eigenvalue weighted by molar-refractivity contribution is 14.1. The lowest BCUT2D eigenvalue weighted by molar-refractivity contribution is -0.116. The summed E-state index contributed by atoms with van der Waals surface area (Å²) in [5.41, 5.74) is 0. The molecule has 0 aromatic carbocycles. The standard InChI is InChI=1S/C11H15IO3/c1-14-7-6-11(8-13)15-10-4-2-9(12)3-5-10/h2,4-5,8-9,11H,3,6-7H2,1H3. The highest BCUT2D eigenvalue weighted by Gasteiger charge is 2.11. The number of allylic oxidation sites excluding steroid dienone is 3. The molecule has 2 unspecified atom stereocenters. The fourth-order valence-electron chi connectivity index (χ4n) is 1.23. The number of hydrogen-bond donors (Lipinski definition) is 0. The number of ether oxygens (including phenoxy) is 2. The Morgan fingerprint density at radius 2 is 2.53 bits per heavy atom. The van der Waals surface area contributed by atoms with E-state index in [0.717, 1.165) is 18.5 Å². The van der Waals surface area contributed by atoms with Gasteiger partial charge in [-0.05, 0) is 18.6 Å². The quantitative estimate of drug-likeness (QED) is 0.427. The van der Waals surface area contributed by atoms with Gasteiger partial charge in [-0.1, -0.05) is 28.7 Å². The van der Waals surface area contributed by atoms with Gasteiger partial charge in [-0.2, -0.15) is 0 Å². The molecule has 1 aliphatic rings. The Labute approximate surface area is 104 Å². The second kappa shape index (κ2) is 7.00. The number of rotatable bonds is 6. The molecule has 0 bridgehead atoms. The number of alkyl halides is 1. The van der Waals surface area contributed by atoms with Crippen molar-refractivity contribution >= 4 is 28.9 Å². The van der Waals surface area contributed by atoms with Crippen molar-refractivity contribution in [2.45, 2.75) is 22.9 Å². The van der Waals surface area contributed by atoms with Gasteiger partial charge >= 0.3 is 0 Å². The largest absolute Gasteiger partial charge is 0.483 e. The van der Waals surface area contributed by atoms with Gasteiger partial charge in [0.1, 0.15) is 5.76 Å². The van der Waals surface area contributed by atoms with Crippen LogP contribution in [0.1, 0.15) is 12.8 Å². The zero-order valence-corrected chi connectivity index (χ0v) is 10.8. The summed E-state index contributed by atoms with van der Waals surface area (Å²) in [5, 5.41) is 0. The van der Waals surface area contributed by atoms with E-state index in [0.29, 0.717) is 17.0 Å². The molecule has 0 radical (unpaired) electrons. The molecule has 0 N–H and O–H groups in total. The summed E-state index contributed by atoms with van der Waals surface area (Å²) in [6.45, 7) is 0.537. The predicted octanol–water partition coefficient (Wildman–Crippen LogP) is 2.25. The number of aldehydes is 1. The zero-order valence-electron chi connectivity index (χ0n) is 8.69. The van der Waals surface area contributed by atoms with Crippen molar-refractivity contribution in [2.24, 2.45) is 0 Å². The van der Waals surface area contributed by atoms with Crippen LogP contribution in [0.15, 0.2) is 24.0 Å². The number of carbonyl (C=O) groups is 1. The second-order valence-corrected chi connectivity index (χ2v) is 4.89. The van der Waals surface area contributed by atoms with Crippen LogP contribution in [0.3, 0.4) is 0 Å². The van der Waals surface area contributed by atoms with Crippen molar-refractivity contribution in [3.8, 4) is 0 Å². The average molecular weight is 322 g/mol. The van der Waals surface area contributed by atoms with Crippen LogP contribution >= 0.6 is 22.6 Å². The molecule has 4 heteroatoms. The topological polar surface area (TPSA) is 35.5 Å². The van der Waals surface area contributed by atoms with Crippen molar-refractivity contribution in [1.82, 2.24) is 0 Å². The highest BCUT2D eigenvalue weighted by atomic mass is 127. The van der Waals surface area contributed by atoms with Gasteiger partial charge in [0.15, 0.2) is 12.4 Å². The van der Waals surface area contributed by atoms with E-state index in [2.05, 4.69) is 28.7 Å². The third-order valence-corrected chi connectivity index (χ3v) is 2.98. The molecule has 0 spiro atoms. The Kier molecular flexibility index (Phi) is 5.93. The summed E-state index contributed by atoms with van der Waals surface area (Å²) in [4.78, 5) is 10.7. The van der Waals surface area contributed by atoms with Crippen molar-refractivity contribution in [3.63, 3.8) is 0 Å². The van der Waals surface area contributed by atoms with E-state index in [4.69, 9.17) is 9.47 Å². The molecule has 1 rings (SSSR count). The van der Waals surface area contributed by atoms with E-state index < -0.39 is 6.10 Å². The van der Waals surface area contributed by atoms with Gasteiger partial charge < -0.3 is 9.47 Å². The predicted molar refractivity (Wildman–Crippen MR) is 67.1 cm³/mol. The van der Waals surface area contributed by atoms with Gasteiger partial charge in [0.25, 0.3) is 0 Å². The minimum Gasteiger partial charge on any atom is -0.483 e. The van der Waals surface area contributed by atoms with E-state index >= 15 is 0 Å². The van der Waals surface area contributed by atoms with E-state index in [-0.39, 0.29) is 0 Å². The number of methoxy groups -OCH3 is 1. The van der Waals surface area contributed by atoms with Crippen molar-refractivity contribution < 1.29 is 14.3 Å². The van der Waals surface area contributed by atoms with Gasteiger partial charge in [-0.15, -0.1) is 0 Å². The van der Waals surface area contributed by atoms with Crippen LogP contribution < -0.4 is 0 Å². The molecule has 0 heterocycles. The molecule has 0 fully saturated rings. The summed E-state index contributed by atoms with van der Waals surface area (Å²) in [7, 11) is 1.61. The van der Waals surface area contributed by atoms with E-state index in [1.165, 1.54) is 0 Å². The molecule has 0 aliphatic heterocycles. The van der Waals surface area contributed by atoms with Crippen molar-refractivity contribution in [3.05, 3.63) is 24.0 Å². The van der Waals surface area contributed by atoms with Gasteiger partial charge in [0.05, 0.1) is 6.61 Å². The maximum absolute atomic E-state index is 10.7. The molecule has 84 valence electrons. The van der Waals surface area contributed by atoms with Crippen LogP contribution in [-0.4, -0.2) is 30.0 Å². The maximum Gasteiger partial charge on any atom is 0.160 e. The fourth-order valence-corrected chi connectivity index (χ4v) is 1.69. The first-order valence-electron chi connectivity index (χ1n) is 4.89. The van der Waals surface area contributed by atoms with Crippen LogP contribution in [0.25, 0.3) is 0 Å². The van der Waals surface area contributed by atoms with Gasteiger partial charge in [-0.25, -0.2) is 0 Å². The summed E-state index contributed by atoms with van der Waals surface area (Å²) >= 11 is 2.36. The zero-order chi connectivity index (χ0) is 11.1. The Morgan fingerprint density at radius 3 is 3.07 bits per heavy atom. The third-order valence-electron chi connectivity index (χ3n) is 2.06. The molecule has 0 amide bonds. The van der Waals surface area contributed by atoms with Crippen LogP contribution in [-0.2, 0) is 14.3 Å². The van der Waals surface area contributed by atoms with Crippen LogP contribution in [0.2, 0.25) is 0 Å². The van der Waals surface area contributed by atoms with Crippen molar-refractivity contribution in [2.75, 3.05) is 13.7 Å². The van der Waals surface area contributed by atoms with Crippen LogP contribution in [0.5, 0.6) is 0 Å². The Hall–Kier alpha value is -0.360. The number of hydrogen-bond acceptors (Lipinski definition) is 3. The molecule has 0 aromatic rings. The van der Waals surface area contributed by atoms with Crippen LogP contribution in [0, 0.1) is 0 Å². The summed E-state index contributed by atoms with van der Waals surface area (Å²) in [6.07, 6.45) is 8.00. The molecule has 2 atom stereocenters. The maximum atomic E-state index is 10.7. The third kappa shape index (κ3) is 4.79. The van der Waals surface area contributed by atoms with Gasteiger partial charge in [0, 0.05) is 17.5 Å². The molecule has 3 nitrogen and oxygen atoms in total. The number of halogens is 1. The molecular weight excluding hydrogens is 307 g/mol. The lowest BCUT2D eigenvalue weighted by atomic mass is 10.2. The molecule has 15 heavy (non-hydrogen) atoms. The monoisotopic (exact) mass is 322 g/mol. The summed E-state index contributed by atoms with van der Waals surface area (Å²) in [6, 6.07) is 0. The van der Waals surface area contributed by atoms with Crippen molar-refractivity contribution in [1.29, 1.82) is 0 Å². The summed E-state index contributed by atoms with van der Waals surface area (Å²) in [5.74, 6) is 0.788. The second-order valence-electron chi connectivity index (χ2n) is 3.29. The molecule has 1 aliphatic carbocycles. The Bertz CT molecular complexity index is 261. The van der Waals surface area contributed by atoms with E-state index in [9.17, 15) is 4.79 Å². The van der Waals surface area contributed by atoms with E-state index in [1.54, 1.807) is 7.11 Å². The number of carbonyl (C=O) groups excluding carboxylic acids is 1. The average Bonchev–Trinajstić information content (AvgIpc) is 2.27. The first-order valence-corrected chi connectivity index (χ1v) is 6.14. The molecule has 0 aromatic heterocycles. The minimum atomic E-state index is -0.397. The van der Waals surface area contributed by atoms with Gasteiger partial charge in [-0.3, -0.25) is 4.79 Å². The lowest BCUT2D eigenvalue weighted by Crippen LogP contribution is -2.17. The fraction of sp³-hybridized carbons (Fsp3) is 0.545. The first kappa shape index (κ1) is 12.7. The highest BCUT2D eigenvalue weighted by Crippen LogP contribution is 2.19. The Balaban J connectivity index is 2.38. The summed E-state index contributed by atoms with van der Waals surface area (Å²) < 4.78 is 10.9. The Morgan fingerprint density at radius 1 is 1.73 bits per heavy atom.